The average molecular weight is 275 g/mol. The van der Waals surface area contributed by atoms with E-state index in [2.05, 4.69) is 54.9 Å². The van der Waals surface area contributed by atoms with Crippen molar-refractivity contribution in [1.82, 2.24) is 4.98 Å². The van der Waals surface area contributed by atoms with Crippen molar-refractivity contribution >= 4 is 17.3 Å². The Bertz CT molecular complexity index is 535. The molecule has 0 aliphatic rings. The van der Waals surface area contributed by atoms with E-state index in [9.17, 15) is 0 Å². The summed E-state index contributed by atoms with van der Waals surface area (Å²) in [6.07, 6.45) is 1.72. The lowest BCUT2D eigenvalue weighted by molar-refractivity contribution is 0.681. The summed E-state index contributed by atoms with van der Waals surface area (Å²) in [5.74, 6) is 0. The molecule has 0 atom stereocenters. The molecule has 2 rings (SSSR count). The first-order valence-corrected chi connectivity index (χ1v) is 6.88. The molecule has 2 aromatic rings. The van der Waals surface area contributed by atoms with E-state index in [1.165, 1.54) is 11.3 Å². The Morgan fingerprint density at radius 2 is 1.84 bits per heavy atom. The number of hydrogen-bond donors (Lipinski definition) is 0. The van der Waals surface area contributed by atoms with Gasteiger partial charge in [-0.2, -0.15) is 0 Å². The molecule has 0 spiro atoms. The minimum atomic E-state index is 0.402. The highest BCUT2D eigenvalue weighted by Gasteiger charge is 2.13. The number of hydrogen-bond acceptors (Lipinski definition) is 2. The van der Waals surface area contributed by atoms with Gasteiger partial charge in [-0.25, -0.2) is 4.98 Å². The van der Waals surface area contributed by atoms with Crippen LogP contribution < -0.4 is 4.90 Å². The van der Waals surface area contributed by atoms with Gasteiger partial charge in [-0.05, 0) is 39.0 Å². The highest BCUT2D eigenvalue weighted by Crippen LogP contribution is 2.22. The predicted molar refractivity (Wildman–Crippen MR) is 81.7 cm³/mol. The Hall–Kier alpha value is -1.54. The Kier molecular flexibility index (Phi) is 4.43. The van der Waals surface area contributed by atoms with Crippen molar-refractivity contribution in [2.45, 2.75) is 33.4 Å². The molecule has 19 heavy (non-hydrogen) atoms. The maximum absolute atomic E-state index is 6.15. The minimum Gasteiger partial charge on any atom is -0.365 e. The van der Waals surface area contributed by atoms with Gasteiger partial charge in [0, 0.05) is 30.0 Å². The van der Waals surface area contributed by atoms with Crippen molar-refractivity contribution in [3.63, 3.8) is 0 Å². The van der Waals surface area contributed by atoms with E-state index in [0.717, 1.165) is 12.1 Å². The van der Waals surface area contributed by atoms with Gasteiger partial charge in [-0.15, -0.1) is 0 Å². The SMILES string of the molecule is Cc1ccc(N(Cc2cccnc2Cl)C(C)C)cc1. The van der Waals surface area contributed by atoms with Crippen molar-refractivity contribution in [1.29, 1.82) is 0 Å². The van der Waals surface area contributed by atoms with E-state index in [1.807, 2.05) is 12.1 Å². The topological polar surface area (TPSA) is 16.1 Å². The second kappa shape index (κ2) is 6.07. The van der Waals surface area contributed by atoms with E-state index in [4.69, 9.17) is 11.6 Å². The molecule has 0 N–H and O–H groups in total. The lowest BCUT2D eigenvalue weighted by Crippen LogP contribution is -2.30. The zero-order chi connectivity index (χ0) is 13.8. The number of anilines is 1. The zero-order valence-corrected chi connectivity index (χ0v) is 12.4. The highest BCUT2D eigenvalue weighted by atomic mass is 35.5. The van der Waals surface area contributed by atoms with E-state index in [1.54, 1.807) is 6.20 Å². The van der Waals surface area contributed by atoms with Gasteiger partial charge in [0.2, 0.25) is 0 Å². The Morgan fingerprint density at radius 1 is 1.16 bits per heavy atom. The lowest BCUT2D eigenvalue weighted by atomic mass is 10.1. The number of nitrogens with zero attached hydrogens (tertiary/aromatic N) is 2. The summed E-state index contributed by atoms with van der Waals surface area (Å²) in [5.41, 5.74) is 3.53. The normalized spacial score (nSPS) is 10.8. The van der Waals surface area contributed by atoms with Crippen LogP contribution in [0, 0.1) is 6.92 Å². The fourth-order valence-corrected chi connectivity index (χ4v) is 2.21. The Labute approximate surface area is 120 Å². The van der Waals surface area contributed by atoms with E-state index >= 15 is 0 Å². The van der Waals surface area contributed by atoms with E-state index in [-0.39, 0.29) is 0 Å². The summed E-state index contributed by atoms with van der Waals surface area (Å²) < 4.78 is 0. The van der Waals surface area contributed by atoms with Crippen LogP contribution in [0.5, 0.6) is 0 Å². The van der Waals surface area contributed by atoms with Crippen LogP contribution in [0.1, 0.15) is 25.0 Å². The monoisotopic (exact) mass is 274 g/mol. The van der Waals surface area contributed by atoms with Crippen LogP contribution in [0.15, 0.2) is 42.6 Å². The first-order valence-electron chi connectivity index (χ1n) is 6.50. The maximum Gasteiger partial charge on any atom is 0.133 e. The van der Waals surface area contributed by atoms with Crippen LogP contribution in [0.25, 0.3) is 0 Å². The molecule has 0 unspecified atom stereocenters. The second-order valence-corrected chi connectivity index (χ2v) is 5.37. The number of pyridine rings is 1. The summed E-state index contributed by atoms with van der Waals surface area (Å²) in [7, 11) is 0. The lowest BCUT2D eigenvalue weighted by Gasteiger charge is -2.29. The van der Waals surface area contributed by atoms with Crippen molar-refractivity contribution < 1.29 is 0 Å². The predicted octanol–water partition coefficient (Wildman–Crippen LogP) is 4.46. The number of halogens is 1. The molecule has 0 aliphatic carbocycles. The van der Waals surface area contributed by atoms with Gasteiger partial charge in [0.1, 0.15) is 5.15 Å². The number of aromatic nitrogens is 1. The van der Waals surface area contributed by atoms with Crippen molar-refractivity contribution in [3.8, 4) is 0 Å². The number of rotatable bonds is 4. The van der Waals surface area contributed by atoms with Crippen LogP contribution in [0.3, 0.4) is 0 Å². The molecule has 0 saturated carbocycles. The van der Waals surface area contributed by atoms with Crippen LogP contribution in [-0.2, 0) is 6.54 Å². The highest BCUT2D eigenvalue weighted by molar-refractivity contribution is 6.30. The third-order valence-electron chi connectivity index (χ3n) is 3.17. The fraction of sp³-hybridized carbons (Fsp3) is 0.312. The van der Waals surface area contributed by atoms with Gasteiger partial charge < -0.3 is 4.90 Å². The Morgan fingerprint density at radius 3 is 2.42 bits per heavy atom. The van der Waals surface area contributed by atoms with Crippen molar-refractivity contribution in [2.24, 2.45) is 0 Å². The third-order valence-corrected chi connectivity index (χ3v) is 3.51. The van der Waals surface area contributed by atoms with Gasteiger partial charge in [-0.3, -0.25) is 0 Å². The quantitative estimate of drug-likeness (QED) is 0.766. The molecule has 1 aromatic carbocycles. The summed E-state index contributed by atoms with van der Waals surface area (Å²) in [4.78, 5) is 6.46. The molecule has 0 aliphatic heterocycles. The van der Waals surface area contributed by atoms with Crippen LogP contribution in [0.4, 0.5) is 5.69 Å². The third kappa shape index (κ3) is 3.48. The first-order chi connectivity index (χ1) is 9.08. The summed E-state index contributed by atoms with van der Waals surface area (Å²) in [6, 6.07) is 12.9. The van der Waals surface area contributed by atoms with Gasteiger partial charge in [0.05, 0.1) is 0 Å². The molecule has 0 amide bonds. The smallest absolute Gasteiger partial charge is 0.133 e. The number of benzene rings is 1. The fourth-order valence-electron chi connectivity index (χ4n) is 2.03. The van der Waals surface area contributed by atoms with Gasteiger partial charge in [-0.1, -0.05) is 35.4 Å². The molecule has 0 fully saturated rings. The molecule has 2 nitrogen and oxygen atoms in total. The average Bonchev–Trinajstić information content (AvgIpc) is 2.39. The van der Waals surface area contributed by atoms with Crippen molar-refractivity contribution in [3.05, 3.63) is 58.9 Å². The van der Waals surface area contributed by atoms with Gasteiger partial charge in [0.25, 0.3) is 0 Å². The Balaban J connectivity index is 2.26. The van der Waals surface area contributed by atoms with Gasteiger partial charge in [0.15, 0.2) is 0 Å². The molecule has 0 radical (unpaired) electrons. The summed E-state index contributed by atoms with van der Waals surface area (Å²) >= 11 is 6.15. The molecule has 1 aromatic heterocycles. The second-order valence-electron chi connectivity index (χ2n) is 5.01. The summed E-state index contributed by atoms with van der Waals surface area (Å²) in [5, 5.41) is 0.584. The minimum absolute atomic E-state index is 0.402. The first kappa shape index (κ1) is 13.9. The largest absolute Gasteiger partial charge is 0.365 e. The molecule has 1 heterocycles. The molecular weight excluding hydrogens is 256 g/mol. The molecular formula is C16H19ClN2. The molecule has 100 valence electrons. The van der Waals surface area contributed by atoms with Crippen LogP contribution in [0.2, 0.25) is 5.15 Å². The summed E-state index contributed by atoms with van der Waals surface area (Å²) in [6.45, 7) is 7.24. The molecule has 0 saturated heterocycles. The van der Waals surface area contributed by atoms with E-state index < -0.39 is 0 Å². The standard InChI is InChI=1S/C16H19ClN2/c1-12(2)19(15-8-6-13(3)7-9-15)11-14-5-4-10-18-16(14)17/h4-10,12H,11H2,1-3H3. The zero-order valence-electron chi connectivity index (χ0n) is 11.6. The van der Waals surface area contributed by atoms with Crippen LogP contribution in [-0.4, -0.2) is 11.0 Å². The number of aryl methyl sites for hydroxylation is 1. The van der Waals surface area contributed by atoms with Gasteiger partial charge >= 0.3 is 0 Å². The van der Waals surface area contributed by atoms with E-state index in [0.29, 0.717) is 11.2 Å². The molecule has 3 heteroatoms. The molecule has 0 bridgehead atoms. The maximum atomic E-state index is 6.15. The van der Waals surface area contributed by atoms with Crippen molar-refractivity contribution in [2.75, 3.05) is 4.90 Å². The van der Waals surface area contributed by atoms with Crippen LogP contribution >= 0.6 is 11.6 Å².